The van der Waals surface area contributed by atoms with E-state index >= 15 is 0 Å². The first-order valence-electron chi connectivity index (χ1n) is 14.6. The Morgan fingerprint density at radius 2 is 1.90 bits per heavy atom. The van der Waals surface area contributed by atoms with E-state index in [1.165, 1.54) is 12.8 Å². The molecule has 218 valence electrons. The second-order valence-electron chi connectivity index (χ2n) is 11.3. The first-order valence-corrected chi connectivity index (χ1v) is 14.6. The zero-order chi connectivity index (χ0) is 28.9. The number of nitrogens with one attached hydrogen (secondary N) is 2. The fourth-order valence-corrected chi connectivity index (χ4v) is 6.06. The number of likely N-dealkylation sites (tertiary alicyclic amines) is 1. The minimum absolute atomic E-state index is 0.0367. The maximum atomic E-state index is 13.4. The lowest BCUT2D eigenvalue weighted by atomic mass is 10.0. The van der Waals surface area contributed by atoms with Gasteiger partial charge in [0.2, 0.25) is 11.9 Å². The molecule has 0 radical (unpaired) electrons. The Kier molecular flexibility index (Phi) is 8.93. The van der Waals surface area contributed by atoms with Gasteiger partial charge in [-0.25, -0.2) is 4.98 Å². The second-order valence-corrected chi connectivity index (χ2v) is 11.3. The molecule has 2 N–H and O–H groups in total. The van der Waals surface area contributed by atoms with Crippen LogP contribution >= 0.6 is 0 Å². The van der Waals surface area contributed by atoms with Gasteiger partial charge in [-0.15, -0.1) is 11.8 Å². The summed E-state index contributed by atoms with van der Waals surface area (Å²) in [5.41, 5.74) is 1.90. The minimum Gasteiger partial charge on any atom is -0.495 e. The lowest BCUT2D eigenvalue weighted by molar-refractivity contribution is -0.121. The number of rotatable bonds is 7. The maximum Gasteiger partial charge on any atom is 0.251 e. The Hall–Kier alpha value is -3.84. The third-order valence-electron chi connectivity index (χ3n) is 8.54. The molecule has 2 fully saturated rings. The van der Waals surface area contributed by atoms with Gasteiger partial charge in [0.25, 0.3) is 5.91 Å². The van der Waals surface area contributed by atoms with Crippen LogP contribution in [0.15, 0.2) is 24.4 Å². The average molecular weight is 560 g/mol. The topological polar surface area (TPSA) is 103 Å². The van der Waals surface area contributed by atoms with Crippen molar-refractivity contribution >= 4 is 35.0 Å². The zero-order valence-electron chi connectivity index (χ0n) is 24.6. The molecule has 0 bridgehead atoms. The summed E-state index contributed by atoms with van der Waals surface area (Å²) in [5, 5.41) is 6.45. The highest BCUT2D eigenvalue weighted by atomic mass is 16.5. The molecule has 1 saturated carbocycles. The van der Waals surface area contributed by atoms with Crippen molar-refractivity contribution in [2.45, 2.75) is 64.0 Å². The number of benzene rings is 1. The summed E-state index contributed by atoms with van der Waals surface area (Å²) >= 11 is 0. The Bertz CT molecular complexity index is 1320. The number of hydrogen-bond donors (Lipinski definition) is 2. The molecule has 1 aromatic carbocycles. The molecule has 1 saturated heterocycles. The van der Waals surface area contributed by atoms with E-state index < -0.39 is 0 Å². The van der Waals surface area contributed by atoms with Crippen LogP contribution in [0.5, 0.6) is 5.75 Å². The van der Waals surface area contributed by atoms with Crippen molar-refractivity contribution in [2.75, 3.05) is 56.0 Å². The second kappa shape index (κ2) is 12.8. The van der Waals surface area contributed by atoms with Crippen LogP contribution in [0.25, 0.3) is 0 Å². The van der Waals surface area contributed by atoms with Crippen LogP contribution < -0.4 is 25.2 Å². The quantitative estimate of drug-likeness (QED) is 0.494. The highest BCUT2D eigenvalue weighted by Gasteiger charge is 2.36. The lowest BCUT2D eigenvalue weighted by Crippen LogP contribution is -2.43. The molecule has 2 aromatic rings. The zero-order valence-corrected chi connectivity index (χ0v) is 24.6. The highest BCUT2D eigenvalue weighted by Crippen LogP contribution is 2.38. The van der Waals surface area contributed by atoms with Crippen LogP contribution in [-0.4, -0.2) is 79.6 Å². The number of piperidine rings is 1. The van der Waals surface area contributed by atoms with Crippen molar-refractivity contribution in [2.24, 2.45) is 5.92 Å². The third kappa shape index (κ3) is 6.41. The van der Waals surface area contributed by atoms with Crippen LogP contribution in [0, 0.1) is 17.8 Å². The number of anilines is 4. The van der Waals surface area contributed by atoms with Gasteiger partial charge in [0.15, 0.2) is 5.82 Å². The highest BCUT2D eigenvalue weighted by molar-refractivity contribution is 5.99. The molecular formula is C31H41N7O3. The van der Waals surface area contributed by atoms with Gasteiger partial charge in [0.05, 0.1) is 24.9 Å². The number of nitrogens with zero attached hydrogens (tertiary/aromatic N) is 5. The number of methoxy groups -OCH3 is 1. The van der Waals surface area contributed by atoms with Crippen LogP contribution in [-0.2, 0) is 4.79 Å². The van der Waals surface area contributed by atoms with Crippen molar-refractivity contribution in [1.82, 2.24) is 20.2 Å². The smallest absolute Gasteiger partial charge is 0.251 e. The summed E-state index contributed by atoms with van der Waals surface area (Å²) in [6, 6.07) is 5.85. The molecule has 2 aliphatic heterocycles. The van der Waals surface area contributed by atoms with Crippen LogP contribution in [0.2, 0.25) is 0 Å². The van der Waals surface area contributed by atoms with Gasteiger partial charge in [-0.05, 0) is 70.9 Å². The number of carbonyl (C=O) groups excluding carboxylic acids is 2. The van der Waals surface area contributed by atoms with Crippen LogP contribution in [0.3, 0.4) is 0 Å². The first kappa shape index (κ1) is 28.7. The molecule has 2 amide bonds. The van der Waals surface area contributed by atoms with Gasteiger partial charge in [-0.2, -0.15) is 4.98 Å². The normalized spacial score (nSPS) is 20.2. The predicted octanol–water partition coefficient (Wildman–Crippen LogP) is 3.81. The fraction of sp³-hybridized carbons (Fsp3) is 0.548. The SMILES string of the molecule is CC#CC[C@H]1CN(C2CCCC2)c2nc(Nc3ccc(C(=O)NC4CCN(C)CC4)cc3OC)ncc2N(C)C1=O. The molecule has 1 aromatic heterocycles. The summed E-state index contributed by atoms with van der Waals surface area (Å²) in [6.07, 6.45) is 8.62. The van der Waals surface area contributed by atoms with Crippen molar-refractivity contribution in [3.8, 4) is 17.6 Å². The van der Waals surface area contributed by atoms with Gasteiger partial charge < -0.3 is 30.1 Å². The number of carbonyl (C=O) groups is 2. The number of aromatic nitrogens is 2. The molecule has 1 aliphatic carbocycles. The standard InChI is InChI=1S/C31H41N7O3/c1-5-6-9-22-20-38(24-10-7-8-11-24)28-26(37(3)30(22)40)19-32-31(35-28)34-25-13-12-21(18-27(25)41-4)29(39)33-23-14-16-36(2)17-15-23/h12-13,18-19,22-24H,7-11,14-17,20H2,1-4H3,(H,33,39)(H,32,34,35)/t22-/m0/s1. The first-order chi connectivity index (χ1) is 19.9. The van der Waals surface area contributed by atoms with E-state index in [1.54, 1.807) is 44.3 Å². The van der Waals surface area contributed by atoms with Crippen LogP contribution in [0.1, 0.15) is 62.2 Å². The number of fused-ring (bicyclic) bond motifs is 1. The molecule has 5 rings (SSSR count). The largest absolute Gasteiger partial charge is 0.495 e. The Morgan fingerprint density at radius 3 is 2.61 bits per heavy atom. The molecule has 10 heteroatoms. The van der Waals surface area contributed by atoms with Crippen molar-refractivity contribution < 1.29 is 14.3 Å². The predicted molar refractivity (Wildman–Crippen MR) is 161 cm³/mol. The molecule has 1 atom stereocenters. The van der Waals surface area contributed by atoms with Crippen molar-refractivity contribution in [3.63, 3.8) is 0 Å². The monoisotopic (exact) mass is 559 g/mol. The number of amides is 2. The summed E-state index contributed by atoms with van der Waals surface area (Å²) in [4.78, 5) is 42.1. The Balaban J connectivity index is 1.39. The molecule has 0 unspecified atom stereocenters. The van der Waals surface area contributed by atoms with E-state index in [2.05, 4.69) is 44.3 Å². The molecule has 10 nitrogen and oxygen atoms in total. The van der Waals surface area contributed by atoms with Gasteiger partial charge >= 0.3 is 0 Å². The fourth-order valence-electron chi connectivity index (χ4n) is 6.06. The molecule has 41 heavy (non-hydrogen) atoms. The summed E-state index contributed by atoms with van der Waals surface area (Å²) in [6.45, 7) is 4.35. The van der Waals surface area contributed by atoms with E-state index in [0.717, 1.165) is 44.6 Å². The summed E-state index contributed by atoms with van der Waals surface area (Å²) in [7, 11) is 5.48. The van der Waals surface area contributed by atoms with Gasteiger partial charge in [0, 0.05) is 37.7 Å². The molecule has 0 spiro atoms. The van der Waals surface area contributed by atoms with Crippen LogP contribution in [0.4, 0.5) is 23.1 Å². The average Bonchev–Trinajstić information content (AvgIpc) is 3.50. The minimum atomic E-state index is -0.230. The van der Waals surface area contributed by atoms with Crippen molar-refractivity contribution in [1.29, 1.82) is 0 Å². The van der Waals surface area contributed by atoms with Gasteiger partial charge in [0.1, 0.15) is 11.4 Å². The summed E-state index contributed by atoms with van der Waals surface area (Å²) in [5.74, 6) is 7.44. The number of hydrogen-bond acceptors (Lipinski definition) is 8. The van der Waals surface area contributed by atoms with E-state index in [-0.39, 0.29) is 23.8 Å². The summed E-state index contributed by atoms with van der Waals surface area (Å²) < 4.78 is 5.65. The Labute approximate surface area is 242 Å². The van der Waals surface area contributed by atoms with Gasteiger partial charge in [-0.3, -0.25) is 9.59 Å². The lowest BCUT2D eigenvalue weighted by Gasteiger charge is -2.31. The van der Waals surface area contributed by atoms with E-state index in [9.17, 15) is 9.59 Å². The number of ether oxygens (including phenoxy) is 1. The molecule has 3 heterocycles. The van der Waals surface area contributed by atoms with E-state index in [0.29, 0.717) is 47.6 Å². The molecule has 3 aliphatic rings. The third-order valence-corrected chi connectivity index (χ3v) is 8.54. The van der Waals surface area contributed by atoms with E-state index in [4.69, 9.17) is 9.72 Å². The van der Waals surface area contributed by atoms with E-state index in [1.807, 2.05) is 6.07 Å². The maximum absolute atomic E-state index is 13.4. The van der Waals surface area contributed by atoms with Crippen molar-refractivity contribution in [3.05, 3.63) is 30.0 Å². The Morgan fingerprint density at radius 1 is 1.15 bits per heavy atom. The molecular weight excluding hydrogens is 518 g/mol. The van der Waals surface area contributed by atoms with Gasteiger partial charge in [-0.1, -0.05) is 12.8 Å².